The van der Waals surface area contributed by atoms with Gasteiger partial charge in [0.1, 0.15) is 5.82 Å². The summed E-state index contributed by atoms with van der Waals surface area (Å²) in [7, 11) is 1.91. The number of benzene rings is 1. The van der Waals surface area contributed by atoms with Crippen molar-refractivity contribution in [3.63, 3.8) is 0 Å². The molecule has 17 heavy (non-hydrogen) atoms. The van der Waals surface area contributed by atoms with Gasteiger partial charge in [0.15, 0.2) is 0 Å². The predicted octanol–water partition coefficient (Wildman–Crippen LogP) is 2.52. The van der Waals surface area contributed by atoms with Crippen molar-refractivity contribution in [1.82, 2.24) is 9.55 Å². The van der Waals surface area contributed by atoms with E-state index in [1.807, 2.05) is 29.9 Å². The van der Waals surface area contributed by atoms with Gasteiger partial charge in [-0.3, -0.25) is 0 Å². The summed E-state index contributed by atoms with van der Waals surface area (Å²) in [5.74, 6) is 0.843. The van der Waals surface area contributed by atoms with Crippen LogP contribution in [-0.2, 0) is 19.1 Å². The van der Waals surface area contributed by atoms with E-state index in [-0.39, 0.29) is 0 Å². The van der Waals surface area contributed by atoms with Crippen molar-refractivity contribution in [3.05, 3.63) is 53.1 Å². The molecule has 1 aromatic carbocycles. The molecule has 0 spiro atoms. The number of aliphatic hydroxyl groups is 1. The number of nitrogens with zero attached hydrogens (tertiary/aromatic N) is 2. The molecule has 0 fully saturated rings. The average molecular weight is 251 g/mol. The van der Waals surface area contributed by atoms with Crippen LogP contribution in [0.2, 0.25) is 5.02 Å². The fourth-order valence-corrected chi connectivity index (χ4v) is 1.99. The number of halogens is 1. The van der Waals surface area contributed by atoms with E-state index in [9.17, 15) is 5.11 Å². The van der Waals surface area contributed by atoms with Crippen LogP contribution in [0.4, 0.5) is 0 Å². The molecule has 4 heteroatoms. The third-order valence-electron chi connectivity index (χ3n) is 2.87. The molecule has 2 aromatic rings. The SMILES string of the molecule is Cn1ccnc1CC(C)(O)c1cccc(Cl)c1. The minimum absolute atomic E-state index is 0.455. The Labute approximate surface area is 106 Å². The molecule has 1 N–H and O–H groups in total. The number of rotatable bonds is 3. The zero-order chi connectivity index (χ0) is 12.5. The quantitative estimate of drug-likeness (QED) is 0.909. The first kappa shape index (κ1) is 12.1. The number of aryl methyl sites for hydroxylation is 1. The Morgan fingerprint density at radius 2 is 2.24 bits per heavy atom. The summed E-state index contributed by atoms with van der Waals surface area (Å²) in [5, 5.41) is 11.1. The molecule has 0 aliphatic heterocycles. The highest BCUT2D eigenvalue weighted by Crippen LogP contribution is 2.26. The Balaban J connectivity index is 2.27. The van der Waals surface area contributed by atoms with Gasteiger partial charge in [-0.25, -0.2) is 4.98 Å². The van der Waals surface area contributed by atoms with Crippen LogP contribution in [-0.4, -0.2) is 14.7 Å². The number of hydrogen-bond donors (Lipinski definition) is 1. The molecule has 0 bridgehead atoms. The van der Waals surface area contributed by atoms with Gasteiger partial charge in [-0.2, -0.15) is 0 Å². The highest BCUT2D eigenvalue weighted by molar-refractivity contribution is 6.30. The Kier molecular flexibility index (Phi) is 3.22. The molecule has 0 aliphatic carbocycles. The average Bonchev–Trinajstić information content (AvgIpc) is 2.64. The van der Waals surface area contributed by atoms with E-state index in [1.54, 1.807) is 25.3 Å². The Morgan fingerprint density at radius 1 is 1.47 bits per heavy atom. The number of hydrogen-bond acceptors (Lipinski definition) is 2. The summed E-state index contributed by atoms with van der Waals surface area (Å²) in [6.07, 6.45) is 4.05. The lowest BCUT2D eigenvalue weighted by atomic mass is 9.92. The molecular formula is C13H15ClN2O. The largest absolute Gasteiger partial charge is 0.385 e. The second kappa shape index (κ2) is 4.51. The van der Waals surface area contributed by atoms with E-state index in [0.29, 0.717) is 11.4 Å². The van der Waals surface area contributed by atoms with Gasteiger partial charge in [-0.1, -0.05) is 23.7 Å². The van der Waals surface area contributed by atoms with Gasteiger partial charge in [0.05, 0.1) is 5.60 Å². The lowest BCUT2D eigenvalue weighted by Gasteiger charge is -2.23. The maximum Gasteiger partial charge on any atom is 0.111 e. The van der Waals surface area contributed by atoms with Crippen LogP contribution in [0.25, 0.3) is 0 Å². The van der Waals surface area contributed by atoms with Crippen molar-refractivity contribution in [2.24, 2.45) is 7.05 Å². The van der Waals surface area contributed by atoms with E-state index in [1.165, 1.54) is 0 Å². The van der Waals surface area contributed by atoms with E-state index < -0.39 is 5.60 Å². The number of aromatic nitrogens is 2. The van der Waals surface area contributed by atoms with Gasteiger partial charge < -0.3 is 9.67 Å². The van der Waals surface area contributed by atoms with E-state index in [4.69, 9.17) is 11.6 Å². The maximum absolute atomic E-state index is 10.5. The van der Waals surface area contributed by atoms with Crippen LogP contribution in [0.15, 0.2) is 36.7 Å². The summed E-state index contributed by atoms with van der Waals surface area (Å²) in [5.41, 5.74) is -0.169. The monoisotopic (exact) mass is 250 g/mol. The van der Waals surface area contributed by atoms with Crippen molar-refractivity contribution in [2.75, 3.05) is 0 Å². The first-order valence-electron chi connectivity index (χ1n) is 5.44. The normalized spacial score (nSPS) is 14.6. The zero-order valence-corrected chi connectivity index (χ0v) is 10.6. The summed E-state index contributed by atoms with van der Waals surface area (Å²) in [4.78, 5) is 4.22. The molecule has 0 radical (unpaired) electrons. The molecule has 0 amide bonds. The van der Waals surface area contributed by atoms with Crippen LogP contribution in [0.3, 0.4) is 0 Å². The highest BCUT2D eigenvalue weighted by atomic mass is 35.5. The topological polar surface area (TPSA) is 38.0 Å². The molecule has 0 saturated carbocycles. The lowest BCUT2D eigenvalue weighted by molar-refractivity contribution is 0.0548. The second-order valence-electron chi connectivity index (χ2n) is 4.42. The molecule has 0 saturated heterocycles. The van der Waals surface area contributed by atoms with Gasteiger partial charge in [0, 0.05) is 30.9 Å². The third kappa shape index (κ3) is 2.68. The fraction of sp³-hybridized carbons (Fsp3) is 0.308. The predicted molar refractivity (Wildman–Crippen MR) is 67.9 cm³/mol. The third-order valence-corrected chi connectivity index (χ3v) is 3.10. The standard InChI is InChI=1S/C13H15ClN2O/c1-13(17,9-12-15-6-7-16(12)2)10-4-3-5-11(14)8-10/h3-8,17H,9H2,1-2H3. The van der Waals surface area contributed by atoms with Gasteiger partial charge in [-0.05, 0) is 24.6 Å². The van der Waals surface area contributed by atoms with Gasteiger partial charge in [-0.15, -0.1) is 0 Å². The molecule has 3 nitrogen and oxygen atoms in total. The van der Waals surface area contributed by atoms with E-state index in [2.05, 4.69) is 4.98 Å². The fourth-order valence-electron chi connectivity index (χ4n) is 1.80. The van der Waals surface area contributed by atoms with Crippen LogP contribution >= 0.6 is 11.6 Å². The molecule has 1 heterocycles. The van der Waals surface area contributed by atoms with Crippen LogP contribution in [0.5, 0.6) is 0 Å². The van der Waals surface area contributed by atoms with Crippen LogP contribution in [0, 0.1) is 0 Å². The molecule has 1 unspecified atom stereocenters. The van der Waals surface area contributed by atoms with Crippen molar-refractivity contribution in [1.29, 1.82) is 0 Å². The summed E-state index contributed by atoms with van der Waals surface area (Å²) in [6, 6.07) is 7.28. The van der Waals surface area contributed by atoms with Gasteiger partial charge >= 0.3 is 0 Å². The van der Waals surface area contributed by atoms with Gasteiger partial charge in [0.2, 0.25) is 0 Å². The first-order valence-corrected chi connectivity index (χ1v) is 5.81. The van der Waals surface area contributed by atoms with Gasteiger partial charge in [0.25, 0.3) is 0 Å². The summed E-state index contributed by atoms with van der Waals surface area (Å²) < 4.78 is 1.90. The van der Waals surface area contributed by atoms with Crippen LogP contribution < -0.4 is 0 Å². The molecular weight excluding hydrogens is 236 g/mol. The highest BCUT2D eigenvalue weighted by Gasteiger charge is 2.25. The van der Waals surface area contributed by atoms with E-state index in [0.717, 1.165) is 11.4 Å². The molecule has 1 aromatic heterocycles. The molecule has 2 rings (SSSR count). The smallest absolute Gasteiger partial charge is 0.111 e. The maximum atomic E-state index is 10.5. The molecule has 90 valence electrons. The van der Waals surface area contributed by atoms with Crippen molar-refractivity contribution >= 4 is 11.6 Å². The van der Waals surface area contributed by atoms with Crippen molar-refractivity contribution < 1.29 is 5.11 Å². The van der Waals surface area contributed by atoms with E-state index >= 15 is 0 Å². The lowest BCUT2D eigenvalue weighted by Crippen LogP contribution is -2.25. The minimum Gasteiger partial charge on any atom is -0.385 e. The Bertz CT molecular complexity index is 520. The first-order chi connectivity index (χ1) is 7.99. The Hall–Kier alpha value is -1.32. The summed E-state index contributed by atoms with van der Waals surface area (Å²) >= 11 is 5.93. The molecule has 0 aliphatic rings. The second-order valence-corrected chi connectivity index (χ2v) is 4.85. The summed E-state index contributed by atoms with van der Waals surface area (Å²) in [6.45, 7) is 1.77. The Morgan fingerprint density at radius 3 is 2.82 bits per heavy atom. The van der Waals surface area contributed by atoms with Crippen molar-refractivity contribution in [3.8, 4) is 0 Å². The zero-order valence-electron chi connectivity index (χ0n) is 9.89. The minimum atomic E-state index is -0.968. The number of imidazole rings is 1. The van der Waals surface area contributed by atoms with Crippen molar-refractivity contribution in [2.45, 2.75) is 18.9 Å². The molecule has 1 atom stereocenters. The van der Waals surface area contributed by atoms with Crippen LogP contribution in [0.1, 0.15) is 18.3 Å².